The second-order valence-corrected chi connectivity index (χ2v) is 6.40. The molecule has 0 fully saturated rings. The monoisotopic (exact) mass is 396 g/mol. The van der Waals surface area contributed by atoms with Crippen LogP contribution in [0.5, 0.6) is 5.75 Å². The first-order chi connectivity index (χ1) is 14.0. The van der Waals surface area contributed by atoms with Crippen molar-refractivity contribution in [2.45, 2.75) is 19.8 Å². The maximum Gasteiger partial charge on any atom is 0.288 e. The minimum absolute atomic E-state index is 0.198. The lowest BCUT2D eigenvalue weighted by Gasteiger charge is -2.10. The molecule has 1 heterocycles. The molecule has 150 valence electrons. The molecular formula is C21H21FN4O3. The maximum atomic E-state index is 13.1. The fourth-order valence-electron chi connectivity index (χ4n) is 2.65. The highest BCUT2D eigenvalue weighted by atomic mass is 19.1. The summed E-state index contributed by atoms with van der Waals surface area (Å²) >= 11 is 0. The minimum Gasteiger partial charge on any atom is -0.494 e. The molecular weight excluding hydrogens is 375 g/mol. The minimum atomic E-state index is -0.531. The Kier molecular flexibility index (Phi) is 6.57. The van der Waals surface area contributed by atoms with Crippen molar-refractivity contribution in [3.8, 4) is 11.4 Å². The van der Waals surface area contributed by atoms with Gasteiger partial charge in [0.25, 0.3) is 5.91 Å². The van der Waals surface area contributed by atoms with Gasteiger partial charge in [-0.1, -0.05) is 12.1 Å². The van der Waals surface area contributed by atoms with Crippen LogP contribution in [0.2, 0.25) is 0 Å². The van der Waals surface area contributed by atoms with Gasteiger partial charge in [-0.25, -0.2) is 9.37 Å². The van der Waals surface area contributed by atoms with Gasteiger partial charge in [0.1, 0.15) is 17.3 Å². The van der Waals surface area contributed by atoms with E-state index >= 15 is 0 Å². The summed E-state index contributed by atoms with van der Waals surface area (Å²) in [4.78, 5) is 28.2. The quantitative estimate of drug-likeness (QED) is 0.475. The number of carbonyl (C=O) groups excluding carboxylic acids is 2. The largest absolute Gasteiger partial charge is 0.494 e. The SMILES string of the molecule is Cc1cccc(OCCCC(=O)NNC(=O)c2cncn2-c2ccc(F)cc2)c1. The van der Waals surface area contributed by atoms with Gasteiger partial charge in [-0.15, -0.1) is 0 Å². The number of aryl methyl sites for hydroxylation is 1. The Morgan fingerprint density at radius 3 is 2.69 bits per heavy atom. The van der Waals surface area contributed by atoms with Gasteiger partial charge in [0.05, 0.1) is 19.1 Å². The molecule has 8 heteroatoms. The molecule has 1 aromatic heterocycles. The van der Waals surface area contributed by atoms with Gasteiger partial charge in [-0.3, -0.25) is 25.0 Å². The van der Waals surface area contributed by atoms with Crippen LogP contribution in [0.3, 0.4) is 0 Å². The first-order valence-corrected chi connectivity index (χ1v) is 9.10. The van der Waals surface area contributed by atoms with Gasteiger partial charge in [0.2, 0.25) is 5.91 Å². The van der Waals surface area contributed by atoms with Crippen molar-refractivity contribution in [1.29, 1.82) is 0 Å². The Labute approximate surface area is 167 Å². The van der Waals surface area contributed by atoms with Crippen LogP contribution in [0.25, 0.3) is 5.69 Å². The summed E-state index contributed by atoms with van der Waals surface area (Å²) < 4.78 is 20.2. The topological polar surface area (TPSA) is 85.2 Å². The van der Waals surface area contributed by atoms with Gasteiger partial charge in [-0.05, 0) is 55.3 Å². The third-order valence-electron chi connectivity index (χ3n) is 4.10. The van der Waals surface area contributed by atoms with Crippen molar-refractivity contribution in [2.24, 2.45) is 0 Å². The van der Waals surface area contributed by atoms with Crippen molar-refractivity contribution in [3.05, 3.63) is 78.1 Å². The van der Waals surface area contributed by atoms with E-state index in [-0.39, 0.29) is 23.8 Å². The number of benzene rings is 2. The molecule has 2 amide bonds. The second kappa shape index (κ2) is 9.50. The number of amides is 2. The summed E-state index contributed by atoms with van der Waals surface area (Å²) in [7, 11) is 0. The number of ether oxygens (including phenoxy) is 1. The van der Waals surface area contributed by atoms with Gasteiger partial charge in [-0.2, -0.15) is 0 Å². The van der Waals surface area contributed by atoms with Gasteiger partial charge < -0.3 is 4.74 Å². The van der Waals surface area contributed by atoms with Crippen LogP contribution in [-0.4, -0.2) is 28.0 Å². The van der Waals surface area contributed by atoms with Crippen molar-refractivity contribution < 1.29 is 18.7 Å². The Morgan fingerprint density at radius 1 is 1.14 bits per heavy atom. The van der Waals surface area contributed by atoms with Crippen molar-refractivity contribution >= 4 is 11.8 Å². The number of halogens is 1. The molecule has 2 aromatic carbocycles. The van der Waals surface area contributed by atoms with E-state index in [9.17, 15) is 14.0 Å². The molecule has 0 spiro atoms. The lowest BCUT2D eigenvalue weighted by molar-refractivity contribution is -0.122. The molecule has 29 heavy (non-hydrogen) atoms. The van der Waals surface area contributed by atoms with E-state index in [1.807, 2.05) is 31.2 Å². The normalized spacial score (nSPS) is 10.4. The number of nitrogens with one attached hydrogen (secondary N) is 2. The summed E-state index contributed by atoms with van der Waals surface area (Å²) in [6, 6.07) is 13.3. The number of hydrogen-bond donors (Lipinski definition) is 2. The molecule has 0 bridgehead atoms. The van der Waals surface area contributed by atoms with Crippen LogP contribution in [0.15, 0.2) is 61.1 Å². The standard InChI is InChI=1S/C21H21FN4O3/c1-15-4-2-5-18(12-15)29-11-3-6-20(27)24-25-21(28)19-13-23-14-26(19)17-9-7-16(22)8-10-17/h2,4-5,7-10,12-14H,3,6,11H2,1H3,(H,24,27)(H,25,28). The third-order valence-corrected chi connectivity index (χ3v) is 4.10. The number of rotatable bonds is 7. The van der Waals surface area contributed by atoms with E-state index < -0.39 is 5.91 Å². The first-order valence-electron chi connectivity index (χ1n) is 9.10. The van der Waals surface area contributed by atoms with E-state index in [4.69, 9.17) is 4.74 Å². The third kappa shape index (κ3) is 5.65. The molecule has 3 aromatic rings. The van der Waals surface area contributed by atoms with Crippen LogP contribution >= 0.6 is 0 Å². The number of imidazole rings is 1. The lowest BCUT2D eigenvalue weighted by atomic mass is 10.2. The molecule has 3 rings (SSSR count). The number of hydrazine groups is 1. The Balaban J connectivity index is 1.44. The van der Waals surface area contributed by atoms with Gasteiger partial charge in [0, 0.05) is 12.1 Å². The average Bonchev–Trinajstić information content (AvgIpc) is 3.20. The molecule has 0 aliphatic carbocycles. The predicted molar refractivity (Wildman–Crippen MR) is 105 cm³/mol. The van der Waals surface area contributed by atoms with E-state index in [1.165, 1.54) is 41.4 Å². The lowest BCUT2D eigenvalue weighted by Crippen LogP contribution is -2.42. The highest BCUT2D eigenvalue weighted by molar-refractivity contribution is 5.94. The number of nitrogens with zero attached hydrogens (tertiary/aromatic N) is 2. The van der Waals surface area contributed by atoms with Crippen molar-refractivity contribution in [2.75, 3.05) is 6.61 Å². The van der Waals surface area contributed by atoms with Crippen LogP contribution in [0, 0.1) is 12.7 Å². The molecule has 7 nitrogen and oxygen atoms in total. The molecule has 0 aliphatic heterocycles. The highest BCUT2D eigenvalue weighted by Crippen LogP contribution is 2.13. The molecule has 0 aliphatic rings. The van der Waals surface area contributed by atoms with E-state index in [0.29, 0.717) is 18.7 Å². The summed E-state index contributed by atoms with van der Waals surface area (Å²) in [6.07, 6.45) is 3.50. The molecule has 0 atom stereocenters. The van der Waals surface area contributed by atoms with Crippen LogP contribution in [0.4, 0.5) is 4.39 Å². The zero-order valence-electron chi connectivity index (χ0n) is 15.9. The summed E-state index contributed by atoms with van der Waals surface area (Å²) in [5.41, 5.74) is 6.61. The zero-order valence-corrected chi connectivity index (χ0v) is 15.9. The Morgan fingerprint density at radius 2 is 1.93 bits per heavy atom. The van der Waals surface area contributed by atoms with E-state index in [1.54, 1.807) is 0 Å². The zero-order chi connectivity index (χ0) is 20.6. The molecule has 0 unspecified atom stereocenters. The molecule has 2 N–H and O–H groups in total. The summed E-state index contributed by atoms with van der Waals surface area (Å²) in [5.74, 6) is -0.485. The Hall–Kier alpha value is -3.68. The van der Waals surface area contributed by atoms with E-state index in [2.05, 4.69) is 15.8 Å². The maximum absolute atomic E-state index is 13.1. The van der Waals surface area contributed by atoms with Crippen molar-refractivity contribution in [3.63, 3.8) is 0 Å². The number of carbonyl (C=O) groups is 2. The van der Waals surface area contributed by atoms with E-state index in [0.717, 1.165) is 11.3 Å². The first kappa shape index (κ1) is 20.1. The molecule has 0 saturated heterocycles. The van der Waals surface area contributed by atoms with Crippen LogP contribution in [0.1, 0.15) is 28.9 Å². The van der Waals surface area contributed by atoms with Crippen molar-refractivity contribution in [1.82, 2.24) is 20.4 Å². The smallest absolute Gasteiger partial charge is 0.288 e. The summed E-state index contributed by atoms with van der Waals surface area (Å²) in [5, 5.41) is 0. The van der Waals surface area contributed by atoms with Gasteiger partial charge in [0.15, 0.2) is 0 Å². The Bertz CT molecular complexity index is 986. The second-order valence-electron chi connectivity index (χ2n) is 6.40. The predicted octanol–water partition coefficient (Wildman–Crippen LogP) is 2.94. The van der Waals surface area contributed by atoms with Gasteiger partial charge >= 0.3 is 0 Å². The average molecular weight is 396 g/mol. The summed E-state index contributed by atoms with van der Waals surface area (Å²) in [6.45, 7) is 2.37. The van der Waals surface area contributed by atoms with Crippen LogP contribution in [-0.2, 0) is 4.79 Å². The fourth-order valence-corrected chi connectivity index (χ4v) is 2.65. The number of hydrogen-bond acceptors (Lipinski definition) is 4. The van der Waals surface area contributed by atoms with Crippen LogP contribution < -0.4 is 15.6 Å². The highest BCUT2D eigenvalue weighted by Gasteiger charge is 2.14. The number of aromatic nitrogens is 2. The fraction of sp³-hybridized carbons (Fsp3) is 0.190. The molecule has 0 saturated carbocycles. The molecule has 0 radical (unpaired) electrons.